The summed E-state index contributed by atoms with van der Waals surface area (Å²) in [5, 5.41) is 23.5. The van der Waals surface area contributed by atoms with E-state index in [1.54, 1.807) is 10.8 Å². The molecule has 2 aliphatic heterocycles. The number of ether oxygens (including phenoxy) is 1. The Morgan fingerprint density at radius 3 is 2.66 bits per heavy atom. The van der Waals surface area contributed by atoms with Crippen LogP contribution in [0, 0.1) is 13.8 Å². The molecule has 152 valence electrons. The smallest absolute Gasteiger partial charge is 0.201 e. The molecule has 1 N–H and O–H groups in total. The predicted octanol–water partition coefficient (Wildman–Crippen LogP) is 2.99. The fourth-order valence-electron chi connectivity index (χ4n) is 4.90. The molecule has 2 aromatic heterocycles. The Bertz CT molecular complexity index is 1010. The molecule has 7 heteroatoms. The lowest BCUT2D eigenvalue weighted by atomic mass is 9.80. The zero-order chi connectivity index (χ0) is 20.0. The highest BCUT2D eigenvalue weighted by molar-refractivity contribution is 5.72. The van der Waals surface area contributed by atoms with Gasteiger partial charge in [0.2, 0.25) is 5.65 Å². The van der Waals surface area contributed by atoms with E-state index >= 15 is 0 Å². The van der Waals surface area contributed by atoms with Gasteiger partial charge in [-0.1, -0.05) is 30.3 Å². The molecule has 0 aliphatic carbocycles. The molecule has 7 nitrogen and oxygen atoms in total. The summed E-state index contributed by atoms with van der Waals surface area (Å²) in [7, 11) is 0. The summed E-state index contributed by atoms with van der Waals surface area (Å²) in [6.07, 6.45) is 4.43. The van der Waals surface area contributed by atoms with E-state index in [9.17, 15) is 5.11 Å². The molecular formula is C22H27N5O2. The van der Waals surface area contributed by atoms with Crippen LogP contribution in [0.2, 0.25) is 0 Å². The van der Waals surface area contributed by atoms with Gasteiger partial charge in [0, 0.05) is 25.9 Å². The largest absolute Gasteiger partial charge is 0.393 e. The van der Waals surface area contributed by atoms with Crippen molar-refractivity contribution >= 4 is 11.3 Å². The summed E-state index contributed by atoms with van der Waals surface area (Å²) < 4.78 is 8.41. The molecule has 3 aromatic rings. The Morgan fingerprint density at radius 2 is 1.90 bits per heavy atom. The zero-order valence-electron chi connectivity index (χ0n) is 17.0. The fraction of sp³-hybridized carbons (Fsp3) is 0.500. The quantitative estimate of drug-likeness (QED) is 0.721. The third-order valence-corrected chi connectivity index (χ3v) is 6.55. The minimum absolute atomic E-state index is 0.0420. The van der Waals surface area contributed by atoms with Crippen molar-refractivity contribution in [3.8, 4) is 0 Å². The van der Waals surface area contributed by atoms with Gasteiger partial charge in [-0.3, -0.25) is 0 Å². The van der Waals surface area contributed by atoms with Crippen molar-refractivity contribution in [1.29, 1.82) is 0 Å². The molecule has 2 fully saturated rings. The van der Waals surface area contributed by atoms with Gasteiger partial charge >= 0.3 is 0 Å². The first kappa shape index (κ1) is 18.5. The van der Waals surface area contributed by atoms with Gasteiger partial charge in [-0.05, 0) is 37.8 Å². The van der Waals surface area contributed by atoms with E-state index < -0.39 is 0 Å². The number of hydrogen-bond donors (Lipinski definition) is 1. The molecule has 2 aliphatic rings. The molecule has 1 aromatic carbocycles. The second-order valence-corrected chi connectivity index (χ2v) is 8.44. The number of hydrogen-bond acceptors (Lipinski definition) is 6. The van der Waals surface area contributed by atoms with Gasteiger partial charge in [-0.25, -0.2) is 0 Å². The monoisotopic (exact) mass is 393 g/mol. The molecule has 1 spiro atoms. The van der Waals surface area contributed by atoms with Crippen molar-refractivity contribution in [2.45, 2.75) is 57.3 Å². The van der Waals surface area contributed by atoms with E-state index in [4.69, 9.17) is 4.74 Å². The van der Waals surface area contributed by atoms with Crippen LogP contribution in [0.15, 0.2) is 36.7 Å². The number of fused-ring (bicyclic) bond motifs is 1. The maximum absolute atomic E-state index is 10.6. The first-order valence-corrected chi connectivity index (χ1v) is 10.4. The number of aliphatic hydroxyl groups is 1. The Morgan fingerprint density at radius 1 is 1.14 bits per heavy atom. The van der Waals surface area contributed by atoms with Gasteiger partial charge in [0.25, 0.3) is 0 Å². The second-order valence-electron chi connectivity index (χ2n) is 8.44. The number of anilines is 1. The summed E-state index contributed by atoms with van der Waals surface area (Å²) in [6, 6.07) is 10.3. The van der Waals surface area contributed by atoms with Gasteiger partial charge in [-0.2, -0.15) is 9.61 Å². The van der Waals surface area contributed by atoms with Crippen LogP contribution in [0.1, 0.15) is 48.6 Å². The Labute approximate surface area is 170 Å². The number of piperidine rings is 1. The summed E-state index contributed by atoms with van der Waals surface area (Å²) in [5.41, 5.74) is 4.93. The highest BCUT2D eigenvalue weighted by Gasteiger charge is 2.44. The minimum atomic E-state index is -0.325. The van der Waals surface area contributed by atoms with Crippen molar-refractivity contribution in [2.75, 3.05) is 18.0 Å². The molecule has 0 unspecified atom stereocenters. The van der Waals surface area contributed by atoms with Crippen LogP contribution in [0.5, 0.6) is 0 Å². The van der Waals surface area contributed by atoms with Crippen LogP contribution < -0.4 is 4.90 Å². The minimum Gasteiger partial charge on any atom is -0.393 e. The van der Waals surface area contributed by atoms with Crippen LogP contribution >= 0.6 is 0 Å². The average molecular weight is 393 g/mol. The lowest BCUT2D eigenvalue weighted by Gasteiger charge is -2.48. The number of benzene rings is 1. The summed E-state index contributed by atoms with van der Waals surface area (Å²) >= 11 is 0. The van der Waals surface area contributed by atoms with E-state index in [1.807, 2.05) is 25.1 Å². The molecule has 0 radical (unpaired) electrons. The lowest BCUT2D eigenvalue weighted by molar-refractivity contribution is -0.173. The van der Waals surface area contributed by atoms with E-state index in [0.29, 0.717) is 12.8 Å². The highest BCUT2D eigenvalue weighted by atomic mass is 16.5. The normalized spacial score (nSPS) is 24.3. The lowest BCUT2D eigenvalue weighted by Crippen LogP contribution is -2.51. The van der Waals surface area contributed by atoms with Gasteiger partial charge in [0.15, 0.2) is 0 Å². The van der Waals surface area contributed by atoms with Crippen LogP contribution in [0.25, 0.3) is 5.65 Å². The molecule has 29 heavy (non-hydrogen) atoms. The number of aryl methyl sites for hydroxylation is 1. The molecule has 0 amide bonds. The zero-order valence-corrected chi connectivity index (χ0v) is 17.0. The third kappa shape index (κ3) is 3.28. The van der Waals surface area contributed by atoms with E-state index in [1.165, 1.54) is 0 Å². The SMILES string of the molecule is Cc1nn2cnnc2c(N2CCC3(CC2)C[C@H](O)C[C@H](c2ccccc2)O3)c1C. The molecule has 0 saturated carbocycles. The average Bonchev–Trinajstić information content (AvgIpc) is 3.18. The van der Waals surface area contributed by atoms with Gasteiger partial charge in [-0.15, -0.1) is 10.2 Å². The number of rotatable bonds is 2. The molecular weight excluding hydrogens is 366 g/mol. The van der Waals surface area contributed by atoms with E-state index in [-0.39, 0.29) is 17.8 Å². The molecule has 4 heterocycles. The molecule has 0 bridgehead atoms. The fourth-order valence-corrected chi connectivity index (χ4v) is 4.90. The topological polar surface area (TPSA) is 75.8 Å². The van der Waals surface area contributed by atoms with E-state index in [0.717, 1.165) is 54.1 Å². The van der Waals surface area contributed by atoms with Crippen LogP contribution in [0.4, 0.5) is 5.69 Å². The van der Waals surface area contributed by atoms with Crippen molar-refractivity contribution in [1.82, 2.24) is 19.8 Å². The maximum atomic E-state index is 10.6. The summed E-state index contributed by atoms with van der Waals surface area (Å²) in [5.74, 6) is 0. The van der Waals surface area contributed by atoms with Crippen LogP contribution in [-0.4, -0.2) is 49.7 Å². The Hall–Kier alpha value is -2.51. The van der Waals surface area contributed by atoms with Gasteiger partial charge in [0.05, 0.1) is 29.2 Å². The van der Waals surface area contributed by atoms with Crippen molar-refractivity contribution in [3.63, 3.8) is 0 Å². The maximum Gasteiger partial charge on any atom is 0.201 e. The van der Waals surface area contributed by atoms with Gasteiger partial charge in [0.1, 0.15) is 6.33 Å². The third-order valence-electron chi connectivity index (χ3n) is 6.55. The summed E-state index contributed by atoms with van der Waals surface area (Å²) in [4.78, 5) is 2.38. The van der Waals surface area contributed by atoms with Gasteiger partial charge < -0.3 is 14.7 Å². The number of aliphatic hydroxyl groups excluding tert-OH is 1. The second kappa shape index (κ2) is 7.07. The van der Waals surface area contributed by atoms with Crippen LogP contribution in [0.3, 0.4) is 0 Å². The molecule has 5 rings (SSSR count). The first-order valence-electron chi connectivity index (χ1n) is 10.4. The van der Waals surface area contributed by atoms with E-state index in [2.05, 4.69) is 39.3 Å². The Balaban J connectivity index is 1.39. The predicted molar refractivity (Wildman–Crippen MR) is 110 cm³/mol. The highest BCUT2D eigenvalue weighted by Crippen LogP contribution is 2.44. The summed E-state index contributed by atoms with van der Waals surface area (Å²) in [6.45, 7) is 5.85. The van der Waals surface area contributed by atoms with Crippen molar-refractivity contribution in [2.24, 2.45) is 0 Å². The Kier molecular flexibility index (Phi) is 4.52. The van der Waals surface area contributed by atoms with Crippen molar-refractivity contribution < 1.29 is 9.84 Å². The standard InChI is InChI=1S/C22H27N5O2/c1-15-16(2)25-27-14-23-24-21(27)20(15)26-10-8-22(9-11-26)13-18(28)12-19(29-22)17-6-4-3-5-7-17/h3-7,14,18-19,28H,8-13H2,1-2H3/t18-,19-/m1/s1. The van der Waals surface area contributed by atoms with Crippen molar-refractivity contribution in [3.05, 3.63) is 53.5 Å². The van der Waals surface area contributed by atoms with Crippen LogP contribution in [-0.2, 0) is 4.74 Å². The molecule has 2 atom stereocenters. The number of aromatic nitrogens is 4. The first-order chi connectivity index (χ1) is 14.0. The molecule has 2 saturated heterocycles. The number of nitrogens with zero attached hydrogens (tertiary/aromatic N) is 5.